The first-order chi connectivity index (χ1) is 12.7. The van der Waals surface area contributed by atoms with Crippen LogP contribution in [0, 0.1) is 0 Å². The Morgan fingerprint density at radius 3 is 2.88 bits per heavy atom. The van der Waals surface area contributed by atoms with E-state index >= 15 is 0 Å². The predicted molar refractivity (Wildman–Crippen MR) is 101 cm³/mol. The number of hydrogen-bond donors (Lipinski definition) is 2. The third-order valence-corrected chi connectivity index (χ3v) is 5.57. The summed E-state index contributed by atoms with van der Waals surface area (Å²) in [5.41, 5.74) is 9.47. The van der Waals surface area contributed by atoms with Crippen molar-refractivity contribution >= 4 is 28.8 Å². The van der Waals surface area contributed by atoms with E-state index in [9.17, 15) is 4.79 Å². The summed E-state index contributed by atoms with van der Waals surface area (Å²) in [6.45, 7) is 2.09. The number of benzene rings is 1. The van der Waals surface area contributed by atoms with Gasteiger partial charge in [0, 0.05) is 18.3 Å². The number of carbonyl (C=O) groups excluding carboxylic acids is 1. The fraction of sp³-hybridized carbons (Fsp3) is 0.211. The lowest BCUT2D eigenvalue weighted by atomic mass is 9.89. The minimum Gasteiger partial charge on any atom is -0.463 e. The van der Waals surface area contributed by atoms with Gasteiger partial charge in [-0.1, -0.05) is 30.0 Å². The molecule has 3 aromatic rings. The highest BCUT2D eigenvalue weighted by Gasteiger charge is 2.42. The molecule has 0 amide bonds. The maximum absolute atomic E-state index is 12.6. The van der Waals surface area contributed by atoms with Crippen LogP contribution in [0.25, 0.3) is 11.0 Å². The molecule has 3 heterocycles. The van der Waals surface area contributed by atoms with Crippen molar-refractivity contribution in [2.75, 3.05) is 6.61 Å². The van der Waals surface area contributed by atoms with Crippen molar-refractivity contribution in [1.82, 2.24) is 15.0 Å². The van der Waals surface area contributed by atoms with Crippen LogP contribution in [0.2, 0.25) is 0 Å². The summed E-state index contributed by atoms with van der Waals surface area (Å²) in [5.74, 6) is 0.130. The third kappa shape index (κ3) is 2.84. The Kier molecular flexibility index (Phi) is 4.38. The number of nitrogens with zero attached hydrogens (tertiary/aromatic N) is 2. The van der Waals surface area contributed by atoms with Gasteiger partial charge in [-0.3, -0.25) is 4.98 Å². The normalized spacial score (nSPS) is 19.9. The molecule has 0 spiro atoms. The number of ether oxygens (including phenoxy) is 1. The molecule has 2 atom stereocenters. The molecule has 0 aliphatic carbocycles. The molecule has 0 saturated carbocycles. The van der Waals surface area contributed by atoms with Crippen LogP contribution < -0.4 is 5.73 Å². The molecule has 4 rings (SSSR count). The summed E-state index contributed by atoms with van der Waals surface area (Å²) in [7, 11) is 0. The topological polar surface area (TPSA) is 93.9 Å². The van der Waals surface area contributed by atoms with Gasteiger partial charge in [0.1, 0.15) is 5.82 Å². The third-order valence-electron chi connectivity index (χ3n) is 4.35. The number of nitrogens with one attached hydrogen (secondary N) is 1. The number of aromatic amines is 1. The van der Waals surface area contributed by atoms with Crippen LogP contribution in [0.1, 0.15) is 29.5 Å². The van der Waals surface area contributed by atoms with Gasteiger partial charge in [-0.05, 0) is 30.7 Å². The van der Waals surface area contributed by atoms with E-state index in [1.807, 2.05) is 36.4 Å². The quantitative estimate of drug-likeness (QED) is 0.688. The number of imidazole rings is 1. The minimum absolute atomic E-state index is 0.147. The largest absolute Gasteiger partial charge is 0.463 e. The van der Waals surface area contributed by atoms with Crippen LogP contribution in [0.3, 0.4) is 0 Å². The van der Waals surface area contributed by atoms with Gasteiger partial charge in [-0.2, -0.15) is 0 Å². The summed E-state index contributed by atoms with van der Waals surface area (Å²) in [6, 6.07) is 11.6. The molecule has 6 nitrogen and oxygen atoms in total. The Hall–Kier alpha value is -2.80. The Balaban J connectivity index is 1.80. The molecule has 1 aliphatic rings. The Morgan fingerprint density at radius 1 is 1.31 bits per heavy atom. The number of nitrogens with two attached hydrogens (primary N) is 1. The maximum Gasteiger partial charge on any atom is 0.337 e. The summed E-state index contributed by atoms with van der Waals surface area (Å²) < 4.78 is 5.25. The second-order valence-corrected chi connectivity index (χ2v) is 7.12. The molecule has 0 fully saturated rings. The first-order valence-electron chi connectivity index (χ1n) is 8.37. The average molecular weight is 366 g/mol. The lowest BCUT2D eigenvalue weighted by Crippen LogP contribution is -2.17. The molecule has 3 N–H and O–H groups in total. The van der Waals surface area contributed by atoms with Crippen molar-refractivity contribution in [3.8, 4) is 0 Å². The van der Waals surface area contributed by atoms with Crippen molar-refractivity contribution in [3.63, 3.8) is 0 Å². The van der Waals surface area contributed by atoms with Gasteiger partial charge in [0.15, 0.2) is 0 Å². The highest BCUT2D eigenvalue weighted by molar-refractivity contribution is 8.03. The predicted octanol–water partition coefficient (Wildman–Crippen LogP) is 3.26. The molecule has 26 heavy (non-hydrogen) atoms. The average Bonchev–Trinajstić information content (AvgIpc) is 3.23. The summed E-state index contributed by atoms with van der Waals surface area (Å²) in [4.78, 5) is 24.8. The number of para-hydroxylation sites is 2. The van der Waals surface area contributed by atoms with Crippen LogP contribution in [0.4, 0.5) is 0 Å². The van der Waals surface area contributed by atoms with Crippen molar-refractivity contribution < 1.29 is 9.53 Å². The lowest BCUT2D eigenvalue weighted by Gasteiger charge is -2.19. The lowest BCUT2D eigenvalue weighted by molar-refractivity contribution is -0.138. The molecule has 1 aromatic carbocycles. The van der Waals surface area contributed by atoms with E-state index in [4.69, 9.17) is 15.5 Å². The smallest absolute Gasteiger partial charge is 0.337 e. The number of aromatic nitrogens is 3. The Labute approximate surface area is 154 Å². The maximum atomic E-state index is 12.6. The van der Waals surface area contributed by atoms with Crippen LogP contribution >= 0.6 is 11.8 Å². The zero-order valence-electron chi connectivity index (χ0n) is 14.2. The van der Waals surface area contributed by atoms with E-state index in [-0.39, 0.29) is 17.1 Å². The number of esters is 1. The first-order valence-corrected chi connectivity index (χ1v) is 9.25. The number of rotatable bonds is 4. The van der Waals surface area contributed by atoms with E-state index in [0.29, 0.717) is 17.2 Å². The molecular formula is C19H18N4O2S. The van der Waals surface area contributed by atoms with Gasteiger partial charge in [0.05, 0.1) is 33.5 Å². The number of thioether (sulfide) groups is 1. The molecule has 0 bridgehead atoms. The fourth-order valence-corrected chi connectivity index (χ4v) is 4.50. The van der Waals surface area contributed by atoms with Gasteiger partial charge >= 0.3 is 5.97 Å². The second kappa shape index (κ2) is 6.84. The second-order valence-electron chi connectivity index (χ2n) is 5.94. The van der Waals surface area contributed by atoms with Gasteiger partial charge < -0.3 is 15.5 Å². The molecule has 0 radical (unpaired) electrons. The van der Waals surface area contributed by atoms with Gasteiger partial charge in [0.2, 0.25) is 0 Å². The van der Waals surface area contributed by atoms with E-state index < -0.39 is 0 Å². The van der Waals surface area contributed by atoms with Gasteiger partial charge in [-0.25, -0.2) is 9.78 Å². The first kappa shape index (κ1) is 16.7. The van der Waals surface area contributed by atoms with E-state index in [1.165, 1.54) is 11.8 Å². The monoisotopic (exact) mass is 366 g/mol. The van der Waals surface area contributed by atoms with Crippen molar-refractivity contribution in [3.05, 3.63) is 70.8 Å². The fourth-order valence-electron chi connectivity index (χ4n) is 3.23. The highest BCUT2D eigenvalue weighted by atomic mass is 32.2. The molecule has 7 heteroatoms. The molecule has 132 valence electrons. The highest BCUT2D eigenvalue weighted by Crippen LogP contribution is 2.54. The molecule has 2 aromatic heterocycles. The van der Waals surface area contributed by atoms with Crippen molar-refractivity contribution in [1.29, 1.82) is 0 Å². The standard InChI is InChI=1S/C19H18N4O2S/c1-2-25-19(24)15-14(11-6-5-9-21-10-11)16(26-17(15)20)18-22-12-7-3-4-8-13(12)23-18/h3-10,14,16H,2,20H2,1H3,(H,22,23). The van der Waals surface area contributed by atoms with Crippen LogP contribution in [-0.2, 0) is 9.53 Å². The SMILES string of the molecule is CCOC(=O)C1=C(N)SC(c2nc3ccccc3[nH]2)C1c1cccnc1. The summed E-state index contributed by atoms with van der Waals surface area (Å²) in [6.07, 6.45) is 3.47. The van der Waals surface area contributed by atoms with E-state index in [1.54, 1.807) is 19.3 Å². The zero-order valence-corrected chi connectivity index (χ0v) is 15.0. The minimum atomic E-state index is -0.384. The van der Waals surface area contributed by atoms with Crippen LogP contribution in [-0.4, -0.2) is 27.5 Å². The molecular weight excluding hydrogens is 348 g/mol. The number of hydrogen-bond acceptors (Lipinski definition) is 6. The summed E-state index contributed by atoms with van der Waals surface area (Å²) in [5, 5.41) is 0.328. The zero-order chi connectivity index (χ0) is 18.1. The Bertz CT molecular complexity index is 950. The number of fused-ring (bicyclic) bond motifs is 1. The van der Waals surface area contributed by atoms with Crippen molar-refractivity contribution in [2.24, 2.45) is 5.73 Å². The van der Waals surface area contributed by atoms with Crippen LogP contribution in [0.15, 0.2) is 59.4 Å². The molecule has 2 unspecified atom stereocenters. The number of carbonyl (C=O) groups is 1. The number of pyridine rings is 1. The molecule has 0 saturated heterocycles. The van der Waals surface area contributed by atoms with Crippen molar-refractivity contribution in [2.45, 2.75) is 18.1 Å². The van der Waals surface area contributed by atoms with E-state index in [0.717, 1.165) is 22.4 Å². The van der Waals surface area contributed by atoms with E-state index in [2.05, 4.69) is 9.97 Å². The van der Waals surface area contributed by atoms with Gasteiger partial charge in [0.25, 0.3) is 0 Å². The van der Waals surface area contributed by atoms with Gasteiger partial charge in [-0.15, -0.1) is 0 Å². The summed E-state index contributed by atoms with van der Waals surface area (Å²) >= 11 is 1.43. The Morgan fingerprint density at radius 2 is 2.15 bits per heavy atom. The number of H-pyrrole nitrogens is 1. The molecule has 1 aliphatic heterocycles. The van der Waals surface area contributed by atoms with Crippen LogP contribution in [0.5, 0.6) is 0 Å².